The van der Waals surface area contributed by atoms with Crippen molar-refractivity contribution >= 4 is 11.7 Å². The second-order valence-corrected chi connectivity index (χ2v) is 6.65. The van der Waals surface area contributed by atoms with E-state index in [2.05, 4.69) is 25.3 Å². The third-order valence-corrected chi connectivity index (χ3v) is 4.99. The van der Waals surface area contributed by atoms with E-state index < -0.39 is 0 Å². The van der Waals surface area contributed by atoms with Gasteiger partial charge in [-0.2, -0.15) is 10.2 Å². The van der Waals surface area contributed by atoms with E-state index in [0.717, 1.165) is 30.3 Å². The van der Waals surface area contributed by atoms with E-state index in [1.165, 1.54) is 0 Å². The number of carbonyl (C=O) groups is 1. The highest BCUT2D eigenvalue weighted by Gasteiger charge is 2.27. The van der Waals surface area contributed by atoms with E-state index in [1.54, 1.807) is 15.6 Å². The number of carbonyl (C=O) groups excluding carboxylic acids is 1. The first-order valence-corrected chi connectivity index (χ1v) is 8.93. The van der Waals surface area contributed by atoms with Crippen molar-refractivity contribution in [3.63, 3.8) is 0 Å². The van der Waals surface area contributed by atoms with Gasteiger partial charge >= 0.3 is 0 Å². The number of aryl methyl sites for hydroxylation is 2. The second kappa shape index (κ2) is 6.82. The molecule has 0 N–H and O–H groups in total. The number of piperazine rings is 1. The molecule has 4 rings (SSSR count). The third kappa shape index (κ3) is 3.16. The van der Waals surface area contributed by atoms with Crippen LogP contribution in [-0.4, -0.2) is 66.7 Å². The number of nitrogens with zero attached hydrogens (tertiary/aromatic N) is 8. The molecule has 0 bridgehead atoms. The fraction of sp³-hybridized carbons (Fsp3) is 0.389. The molecule has 0 atom stereocenters. The highest BCUT2D eigenvalue weighted by Crippen LogP contribution is 2.18. The summed E-state index contributed by atoms with van der Waals surface area (Å²) in [6, 6.07) is 5.68. The quantitative estimate of drug-likeness (QED) is 0.687. The van der Waals surface area contributed by atoms with Crippen molar-refractivity contribution < 1.29 is 4.79 Å². The van der Waals surface area contributed by atoms with Crippen LogP contribution in [0.15, 0.2) is 30.6 Å². The Bertz CT molecular complexity index is 937. The van der Waals surface area contributed by atoms with E-state index in [-0.39, 0.29) is 5.91 Å². The van der Waals surface area contributed by atoms with Crippen molar-refractivity contribution in [1.82, 2.24) is 34.7 Å². The lowest BCUT2D eigenvalue weighted by atomic mass is 10.1. The maximum absolute atomic E-state index is 12.9. The topological polar surface area (TPSA) is 85.0 Å². The Kier molecular flexibility index (Phi) is 4.35. The Labute approximate surface area is 157 Å². The van der Waals surface area contributed by atoms with Crippen molar-refractivity contribution in [3.8, 4) is 5.82 Å². The smallest absolute Gasteiger partial charge is 0.257 e. The fourth-order valence-corrected chi connectivity index (χ4v) is 3.39. The average Bonchev–Trinajstić information content (AvgIpc) is 3.30. The highest BCUT2D eigenvalue weighted by molar-refractivity contribution is 5.96. The van der Waals surface area contributed by atoms with Crippen molar-refractivity contribution in [3.05, 3.63) is 47.5 Å². The molecule has 3 aromatic rings. The van der Waals surface area contributed by atoms with Crippen molar-refractivity contribution in [2.75, 3.05) is 31.1 Å². The van der Waals surface area contributed by atoms with Crippen molar-refractivity contribution in [2.24, 2.45) is 7.05 Å². The van der Waals surface area contributed by atoms with Gasteiger partial charge in [-0.3, -0.25) is 9.48 Å². The molecule has 4 heterocycles. The maximum atomic E-state index is 12.9. The van der Waals surface area contributed by atoms with Gasteiger partial charge in [0.15, 0.2) is 11.6 Å². The number of anilines is 1. The van der Waals surface area contributed by atoms with Gasteiger partial charge in [0, 0.05) is 51.3 Å². The molecular weight excluding hydrogens is 344 g/mol. The Morgan fingerprint density at radius 3 is 2.30 bits per heavy atom. The van der Waals surface area contributed by atoms with Crippen LogP contribution in [0.3, 0.4) is 0 Å². The summed E-state index contributed by atoms with van der Waals surface area (Å²) in [6.45, 7) is 6.55. The van der Waals surface area contributed by atoms with Crippen LogP contribution in [0.5, 0.6) is 0 Å². The molecule has 0 spiro atoms. The number of hydrogen-bond donors (Lipinski definition) is 0. The van der Waals surface area contributed by atoms with Crippen LogP contribution in [0.25, 0.3) is 5.82 Å². The molecule has 140 valence electrons. The maximum Gasteiger partial charge on any atom is 0.257 e. The van der Waals surface area contributed by atoms with Crippen LogP contribution in [0.2, 0.25) is 0 Å². The molecule has 0 saturated carbocycles. The van der Waals surface area contributed by atoms with Crippen molar-refractivity contribution in [2.45, 2.75) is 13.8 Å². The normalized spacial score (nSPS) is 14.6. The van der Waals surface area contributed by atoms with E-state index in [9.17, 15) is 4.79 Å². The monoisotopic (exact) mass is 366 g/mol. The summed E-state index contributed by atoms with van der Waals surface area (Å²) in [7, 11) is 1.86. The Morgan fingerprint density at radius 2 is 1.74 bits per heavy atom. The van der Waals surface area contributed by atoms with Crippen LogP contribution in [0, 0.1) is 13.8 Å². The summed E-state index contributed by atoms with van der Waals surface area (Å²) < 4.78 is 3.43. The zero-order chi connectivity index (χ0) is 19.0. The first-order valence-electron chi connectivity index (χ1n) is 8.93. The van der Waals surface area contributed by atoms with Crippen LogP contribution in [0.4, 0.5) is 5.82 Å². The molecule has 0 aliphatic carbocycles. The van der Waals surface area contributed by atoms with Gasteiger partial charge in [-0.15, -0.1) is 10.2 Å². The molecule has 1 aliphatic heterocycles. The molecule has 1 fully saturated rings. The summed E-state index contributed by atoms with van der Waals surface area (Å²) in [5, 5.41) is 17.1. The SMILES string of the molecule is Cc1nn(C)c(C)c1C(=O)N1CCN(c2ccc(-n3cccn3)nn2)CC1. The minimum Gasteiger partial charge on any atom is -0.352 e. The molecule has 1 amide bonds. The summed E-state index contributed by atoms with van der Waals surface area (Å²) in [6.07, 6.45) is 3.54. The summed E-state index contributed by atoms with van der Waals surface area (Å²) in [5.74, 6) is 1.55. The Balaban J connectivity index is 1.42. The molecular formula is C18H22N8O. The molecule has 0 unspecified atom stereocenters. The van der Waals surface area contributed by atoms with Gasteiger partial charge in [-0.05, 0) is 32.0 Å². The second-order valence-electron chi connectivity index (χ2n) is 6.65. The van der Waals surface area contributed by atoms with Gasteiger partial charge in [0.2, 0.25) is 0 Å². The first kappa shape index (κ1) is 17.2. The lowest BCUT2D eigenvalue weighted by Gasteiger charge is -2.35. The third-order valence-electron chi connectivity index (χ3n) is 4.99. The number of rotatable bonds is 3. The molecule has 1 aliphatic rings. The lowest BCUT2D eigenvalue weighted by molar-refractivity contribution is 0.0745. The minimum absolute atomic E-state index is 0.0536. The van der Waals surface area contributed by atoms with E-state index in [1.807, 2.05) is 50.2 Å². The minimum atomic E-state index is 0.0536. The van der Waals surface area contributed by atoms with Crippen molar-refractivity contribution in [1.29, 1.82) is 0 Å². The van der Waals surface area contributed by atoms with Crippen LogP contribution >= 0.6 is 0 Å². The highest BCUT2D eigenvalue weighted by atomic mass is 16.2. The summed E-state index contributed by atoms with van der Waals surface area (Å²) >= 11 is 0. The average molecular weight is 366 g/mol. The molecule has 0 radical (unpaired) electrons. The van der Waals surface area contributed by atoms with Crippen LogP contribution in [-0.2, 0) is 7.05 Å². The number of hydrogen-bond acceptors (Lipinski definition) is 6. The molecule has 1 saturated heterocycles. The summed E-state index contributed by atoms with van der Waals surface area (Å²) in [5.41, 5.74) is 2.40. The number of aromatic nitrogens is 6. The van der Waals surface area contributed by atoms with Crippen LogP contribution < -0.4 is 4.90 Å². The molecule has 27 heavy (non-hydrogen) atoms. The number of amides is 1. The van der Waals surface area contributed by atoms with Gasteiger partial charge in [0.1, 0.15) is 0 Å². The Hall–Kier alpha value is -3.23. The Morgan fingerprint density at radius 1 is 1.04 bits per heavy atom. The predicted octanol–water partition coefficient (Wildman–Crippen LogP) is 0.975. The predicted molar refractivity (Wildman–Crippen MR) is 100.0 cm³/mol. The fourth-order valence-electron chi connectivity index (χ4n) is 3.39. The largest absolute Gasteiger partial charge is 0.352 e. The van der Waals surface area contributed by atoms with Gasteiger partial charge in [0.25, 0.3) is 5.91 Å². The standard InChI is InChI=1S/C18H22N8O/c1-13-17(14(2)23(3)22-13)18(27)25-11-9-24(10-12-25)15-5-6-16(21-20-15)26-8-4-7-19-26/h4-8H,9-12H2,1-3H3. The first-order chi connectivity index (χ1) is 13.0. The zero-order valence-corrected chi connectivity index (χ0v) is 15.7. The lowest BCUT2D eigenvalue weighted by Crippen LogP contribution is -2.49. The molecule has 0 aromatic carbocycles. The van der Waals surface area contributed by atoms with Gasteiger partial charge in [-0.25, -0.2) is 4.68 Å². The van der Waals surface area contributed by atoms with Gasteiger partial charge in [-0.1, -0.05) is 0 Å². The molecule has 9 heteroatoms. The summed E-state index contributed by atoms with van der Waals surface area (Å²) in [4.78, 5) is 16.9. The van der Waals surface area contributed by atoms with E-state index >= 15 is 0 Å². The molecule has 3 aromatic heterocycles. The van der Waals surface area contributed by atoms with Crippen LogP contribution in [0.1, 0.15) is 21.7 Å². The zero-order valence-electron chi connectivity index (χ0n) is 15.7. The van der Waals surface area contributed by atoms with Gasteiger partial charge < -0.3 is 9.80 Å². The van der Waals surface area contributed by atoms with Gasteiger partial charge in [0.05, 0.1) is 11.3 Å². The van der Waals surface area contributed by atoms with E-state index in [4.69, 9.17) is 0 Å². The van der Waals surface area contributed by atoms with E-state index in [0.29, 0.717) is 24.5 Å². The molecule has 9 nitrogen and oxygen atoms in total.